The van der Waals surface area contributed by atoms with Crippen molar-refractivity contribution in [3.05, 3.63) is 70.2 Å². The van der Waals surface area contributed by atoms with E-state index in [2.05, 4.69) is 10.5 Å². The highest BCUT2D eigenvalue weighted by molar-refractivity contribution is 6.31. The predicted octanol–water partition coefficient (Wildman–Crippen LogP) is 4.90. The molecule has 1 amide bonds. The van der Waals surface area contributed by atoms with Gasteiger partial charge in [-0.15, -0.1) is 0 Å². The van der Waals surface area contributed by atoms with Crippen molar-refractivity contribution in [2.45, 2.75) is 0 Å². The Balaban J connectivity index is 1.75. The van der Waals surface area contributed by atoms with Crippen LogP contribution in [-0.2, 0) is 0 Å². The van der Waals surface area contributed by atoms with E-state index in [1.54, 1.807) is 42.5 Å². The average Bonchev–Trinajstić information content (AvgIpc) is 2.97. The zero-order chi connectivity index (χ0) is 15.5. The largest absolute Gasteiger partial charge is 0.338 e. The minimum Gasteiger partial charge on any atom is -0.338 e. The Bertz CT molecular complexity index is 796. The van der Waals surface area contributed by atoms with Crippen LogP contribution in [-0.4, -0.2) is 11.1 Å². The van der Waals surface area contributed by atoms with E-state index in [1.165, 1.54) is 0 Å². The lowest BCUT2D eigenvalue weighted by molar-refractivity contribution is 0.102. The molecule has 1 N–H and O–H groups in total. The van der Waals surface area contributed by atoms with E-state index in [0.717, 1.165) is 5.56 Å². The number of halogens is 2. The van der Waals surface area contributed by atoms with Gasteiger partial charge < -0.3 is 4.52 Å². The molecule has 0 aliphatic rings. The first kappa shape index (κ1) is 14.6. The maximum absolute atomic E-state index is 12.1. The number of nitrogens with zero attached hydrogens (tertiary/aromatic N) is 1. The van der Waals surface area contributed by atoms with Crippen molar-refractivity contribution >= 4 is 35.0 Å². The quantitative estimate of drug-likeness (QED) is 0.742. The summed E-state index contributed by atoms with van der Waals surface area (Å²) in [5, 5.41) is 7.78. The lowest BCUT2D eigenvalue weighted by Gasteiger charge is -2.00. The molecule has 2 aromatic carbocycles. The zero-order valence-corrected chi connectivity index (χ0v) is 12.7. The Morgan fingerprint density at radius 2 is 1.55 bits per heavy atom. The van der Waals surface area contributed by atoms with Gasteiger partial charge in [0.25, 0.3) is 5.91 Å². The maximum Gasteiger partial charge on any atom is 0.258 e. The molecule has 1 heterocycles. The van der Waals surface area contributed by atoms with Crippen LogP contribution in [0.1, 0.15) is 10.4 Å². The van der Waals surface area contributed by atoms with Crippen LogP contribution in [0.2, 0.25) is 10.0 Å². The van der Waals surface area contributed by atoms with Crippen LogP contribution in [0.3, 0.4) is 0 Å². The first-order valence-corrected chi connectivity index (χ1v) is 7.17. The maximum atomic E-state index is 12.1. The molecule has 0 atom stereocenters. The molecule has 110 valence electrons. The molecule has 3 rings (SSSR count). The van der Waals surface area contributed by atoms with Crippen molar-refractivity contribution in [1.82, 2.24) is 5.16 Å². The van der Waals surface area contributed by atoms with E-state index < -0.39 is 0 Å². The van der Waals surface area contributed by atoms with Crippen LogP contribution in [0.5, 0.6) is 0 Å². The Morgan fingerprint density at radius 1 is 0.955 bits per heavy atom. The summed E-state index contributed by atoms with van der Waals surface area (Å²) in [5.41, 5.74) is 1.94. The predicted molar refractivity (Wildman–Crippen MR) is 86.4 cm³/mol. The van der Waals surface area contributed by atoms with Crippen molar-refractivity contribution < 1.29 is 9.32 Å². The Kier molecular flexibility index (Phi) is 4.13. The van der Waals surface area contributed by atoms with Gasteiger partial charge in [0.15, 0.2) is 0 Å². The molecule has 0 saturated carbocycles. The van der Waals surface area contributed by atoms with E-state index in [9.17, 15) is 4.79 Å². The third-order valence-electron chi connectivity index (χ3n) is 2.99. The zero-order valence-electron chi connectivity index (χ0n) is 11.2. The van der Waals surface area contributed by atoms with Crippen molar-refractivity contribution in [2.24, 2.45) is 0 Å². The lowest BCUT2D eigenvalue weighted by atomic mass is 10.1. The second-order valence-electron chi connectivity index (χ2n) is 4.54. The fraction of sp³-hybridized carbons (Fsp3) is 0. The summed E-state index contributed by atoms with van der Waals surface area (Å²) in [5.74, 6) is -0.0274. The normalized spacial score (nSPS) is 10.5. The fourth-order valence-electron chi connectivity index (χ4n) is 1.88. The number of carbonyl (C=O) groups is 1. The first-order chi connectivity index (χ1) is 10.6. The van der Waals surface area contributed by atoms with Crippen LogP contribution in [0.4, 0.5) is 5.88 Å². The highest BCUT2D eigenvalue weighted by atomic mass is 35.5. The molecule has 0 bridgehead atoms. The van der Waals surface area contributed by atoms with E-state index in [4.69, 9.17) is 27.7 Å². The monoisotopic (exact) mass is 332 g/mol. The van der Waals surface area contributed by atoms with Gasteiger partial charge in [-0.05, 0) is 36.4 Å². The van der Waals surface area contributed by atoms with Gasteiger partial charge in [-0.3, -0.25) is 10.1 Å². The molecule has 0 aliphatic carbocycles. The SMILES string of the molecule is O=C(Nc1cc(-c2ccc(Cl)cc2)no1)c1ccc(Cl)cc1. The third kappa shape index (κ3) is 3.30. The summed E-state index contributed by atoms with van der Waals surface area (Å²) >= 11 is 11.6. The van der Waals surface area contributed by atoms with Gasteiger partial charge >= 0.3 is 0 Å². The molecule has 0 saturated heterocycles. The molecule has 1 aromatic heterocycles. The Morgan fingerprint density at radius 3 is 2.18 bits per heavy atom. The highest BCUT2D eigenvalue weighted by Gasteiger charge is 2.11. The van der Waals surface area contributed by atoms with Crippen molar-refractivity contribution in [1.29, 1.82) is 0 Å². The molecule has 6 heteroatoms. The van der Waals surface area contributed by atoms with Crippen molar-refractivity contribution in [3.8, 4) is 11.3 Å². The number of anilines is 1. The minimum atomic E-state index is -0.296. The van der Waals surface area contributed by atoms with Gasteiger partial charge in [-0.1, -0.05) is 40.5 Å². The van der Waals surface area contributed by atoms with Crippen LogP contribution >= 0.6 is 23.2 Å². The molecule has 4 nitrogen and oxygen atoms in total. The summed E-state index contributed by atoms with van der Waals surface area (Å²) in [6.45, 7) is 0. The van der Waals surface area contributed by atoms with Gasteiger partial charge in [-0.2, -0.15) is 0 Å². The minimum absolute atomic E-state index is 0.268. The van der Waals surface area contributed by atoms with Gasteiger partial charge in [0, 0.05) is 27.2 Å². The van der Waals surface area contributed by atoms with Crippen LogP contribution < -0.4 is 5.32 Å². The number of hydrogen-bond donors (Lipinski definition) is 1. The second-order valence-corrected chi connectivity index (χ2v) is 5.42. The molecule has 0 fully saturated rings. The average molecular weight is 333 g/mol. The Hall–Kier alpha value is -2.30. The number of benzene rings is 2. The Labute approximate surface area is 136 Å². The topological polar surface area (TPSA) is 55.1 Å². The number of aromatic nitrogens is 1. The summed E-state index contributed by atoms with van der Waals surface area (Å²) in [4.78, 5) is 12.1. The molecule has 0 unspecified atom stereocenters. The summed E-state index contributed by atoms with van der Waals surface area (Å²) in [6, 6.07) is 15.4. The molecule has 3 aromatic rings. The van der Waals surface area contributed by atoms with E-state index in [0.29, 0.717) is 21.3 Å². The van der Waals surface area contributed by atoms with Crippen LogP contribution in [0.15, 0.2) is 59.1 Å². The number of carbonyl (C=O) groups excluding carboxylic acids is 1. The molecule has 22 heavy (non-hydrogen) atoms. The van der Waals surface area contributed by atoms with E-state index in [1.807, 2.05) is 12.1 Å². The molecular weight excluding hydrogens is 323 g/mol. The molecular formula is C16H10Cl2N2O2. The summed E-state index contributed by atoms with van der Waals surface area (Å²) in [6.07, 6.45) is 0. The number of nitrogens with one attached hydrogen (secondary N) is 1. The smallest absolute Gasteiger partial charge is 0.258 e. The molecule has 0 aliphatic heterocycles. The van der Waals surface area contributed by atoms with Crippen molar-refractivity contribution in [2.75, 3.05) is 5.32 Å². The fourth-order valence-corrected chi connectivity index (χ4v) is 2.13. The lowest BCUT2D eigenvalue weighted by Crippen LogP contribution is -2.10. The number of rotatable bonds is 3. The first-order valence-electron chi connectivity index (χ1n) is 6.41. The summed E-state index contributed by atoms with van der Waals surface area (Å²) < 4.78 is 5.12. The van der Waals surface area contributed by atoms with Gasteiger partial charge in [-0.25, -0.2) is 0 Å². The van der Waals surface area contributed by atoms with Gasteiger partial charge in [0.1, 0.15) is 5.69 Å². The van der Waals surface area contributed by atoms with E-state index in [-0.39, 0.29) is 11.8 Å². The second kappa shape index (κ2) is 6.22. The third-order valence-corrected chi connectivity index (χ3v) is 3.50. The van der Waals surface area contributed by atoms with Crippen LogP contribution in [0, 0.1) is 0 Å². The highest BCUT2D eigenvalue weighted by Crippen LogP contribution is 2.23. The number of amides is 1. The summed E-state index contributed by atoms with van der Waals surface area (Å²) in [7, 11) is 0. The number of hydrogen-bond acceptors (Lipinski definition) is 3. The van der Waals surface area contributed by atoms with Crippen LogP contribution in [0.25, 0.3) is 11.3 Å². The molecule has 0 spiro atoms. The van der Waals surface area contributed by atoms with E-state index >= 15 is 0 Å². The molecule has 0 radical (unpaired) electrons. The van der Waals surface area contributed by atoms with Crippen molar-refractivity contribution in [3.63, 3.8) is 0 Å². The van der Waals surface area contributed by atoms with Gasteiger partial charge in [0.05, 0.1) is 0 Å². The van der Waals surface area contributed by atoms with Gasteiger partial charge in [0.2, 0.25) is 5.88 Å². The standard InChI is InChI=1S/C16H10Cl2N2O2/c17-12-5-1-10(2-6-12)14-9-15(22-20-14)19-16(21)11-3-7-13(18)8-4-11/h1-9H,(H,19,21).